The Bertz CT molecular complexity index is 504. The highest BCUT2D eigenvalue weighted by Crippen LogP contribution is 2.53. The van der Waals surface area contributed by atoms with Gasteiger partial charge in [0.15, 0.2) is 0 Å². The summed E-state index contributed by atoms with van der Waals surface area (Å²) in [6.07, 6.45) is -12.3. The Kier molecular flexibility index (Phi) is 6.27. The molecule has 0 aromatic heterocycles. The minimum Gasteiger partial charge on any atom is -0.459 e. The summed E-state index contributed by atoms with van der Waals surface area (Å²) >= 11 is -1.47. The molecule has 0 aliphatic rings. The molecule has 1 rings (SSSR count). The largest absolute Gasteiger partial charge is 0.459 e. The minimum absolute atomic E-state index is 0.170. The first-order valence-corrected chi connectivity index (χ1v) is 6.31. The van der Waals surface area contributed by atoms with Gasteiger partial charge in [0.05, 0.1) is 12.0 Å². The Morgan fingerprint density at radius 1 is 1.04 bits per heavy atom. The maximum atomic E-state index is 12.9. The van der Waals surface area contributed by atoms with E-state index in [0.717, 1.165) is 0 Å². The van der Waals surface area contributed by atoms with Crippen LogP contribution in [0.25, 0.3) is 0 Å². The molecule has 12 heteroatoms. The average molecular weight is 366 g/mol. The van der Waals surface area contributed by atoms with E-state index in [1.165, 1.54) is 24.3 Å². The number of ether oxygens (including phenoxy) is 1. The maximum absolute atomic E-state index is 12.9. The van der Waals surface area contributed by atoms with E-state index >= 15 is 0 Å². The van der Waals surface area contributed by atoms with Crippen LogP contribution < -0.4 is 0 Å². The van der Waals surface area contributed by atoms with Crippen molar-refractivity contribution >= 4 is 18.0 Å². The van der Waals surface area contributed by atoms with Crippen LogP contribution in [0.3, 0.4) is 0 Å². The molecule has 0 saturated carbocycles. The number of hydrogen-bond donors (Lipinski definition) is 1. The van der Waals surface area contributed by atoms with Gasteiger partial charge >= 0.3 is 23.1 Å². The molecule has 130 valence electrons. The van der Waals surface area contributed by atoms with Crippen LogP contribution in [0.2, 0.25) is 0 Å². The summed E-state index contributed by atoms with van der Waals surface area (Å²) in [6.45, 7) is -0.825. The Morgan fingerprint density at radius 3 is 2.00 bits per heavy atom. The summed E-state index contributed by atoms with van der Waals surface area (Å²) in [4.78, 5) is 11.5. The van der Waals surface area contributed by atoms with Gasteiger partial charge in [-0.25, -0.2) is 10.1 Å². The summed E-state index contributed by atoms with van der Waals surface area (Å²) in [5.74, 6) is -2.66. The number of alkyl halides is 6. The van der Waals surface area contributed by atoms with Crippen LogP contribution in [-0.2, 0) is 25.5 Å². The lowest BCUT2D eigenvalue weighted by Gasteiger charge is -2.32. The normalized spacial score (nSPS) is 13.0. The fraction of sp³-hybridized carbons (Fsp3) is 0.364. The summed E-state index contributed by atoms with van der Waals surface area (Å²) in [7, 11) is 0. The number of benzene rings is 1. The van der Waals surface area contributed by atoms with Crippen LogP contribution in [-0.4, -0.2) is 28.3 Å². The number of esters is 1. The van der Waals surface area contributed by atoms with Crippen LogP contribution in [0.1, 0.15) is 5.56 Å². The maximum Gasteiger partial charge on any atom is 0.425 e. The highest BCUT2D eigenvalue weighted by Gasteiger charge is 2.79. The number of carbonyl (C=O) groups excluding carboxylic acids is 1. The van der Waals surface area contributed by atoms with Crippen molar-refractivity contribution < 1.29 is 50.5 Å². The van der Waals surface area contributed by atoms with Crippen LogP contribution in [0.15, 0.2) is 30.3 Å². The number of halogens is 6. The zero-order valence-electron chi connectivity index (χ0n) is 10.9. The summed E-state index contributed by atoms with van der Waals surface area (Å²) in [6, 6.07) is 7.10. The first-order valence-electron chi connectivity index (χ1n) is 5.57. The summed E-state index contributed by atoms with van der Waals surface area (Å²) < 4.78 is 79.8. The van der Waals surface area contributed by atoms with E-state index in [1.54, 1.807) is 6.07 Å². The molecule has 1 N–H and O–H groups in total. The third-order valence-corrected chi connectivity index (χ3v) is 3.50. The average Bonchev–Trinajstić information content (AvgIpc) is 2.44. The van der Waals surface area contributed by atoms with Crippen LogP contribution >= 0.6 is 12.0 Å². The van der Waals surface area contributed by atoms with Crippen molar-refractivity contribution in [2.24, 2.45) is 0 Å². The fourth-order valence-electron chi connectivity index (χ4n) is 1.41. The van der Waals surface area contributed by atoms with Crippen molar-refractivity contribution in [1.82, 2.24) is 0 Å². The Balaban J connectivity index is 3.09. The molecule has 0 aliphatic heterocycles. The van der Waals surface area contributed by atoms with Gasteiger partial charge in [-0.05, 0) is 5.56 Å². The lowest BCUT2D eigenvalue weighted by Crippen LogP contribution is -2.60. The van der Waals surface area contributed by atoms with Gasteiger partial charge in [0.25, 0.3) is 0 Å². The van der Waals surface area contributed by atoms with Gasteiger partial charge in [-0.15, -0.1) is 4.33 Å². The molecule has 0 unspecified atom stereocenters. The minimum atomic E-state index is -6.14. The number of hydrogen-bond acceptors (Lipinski definition) is 6. The molecule has 0 spiro atoms. The van der Waals surface area contributed by atoms with Crippen LogP contribution in [0.5, 0.6) is 0 Å². The molecular weight excluding hydrogens is 358 g/mol. The van der Waals surface area contributed by atoms with Gasteiger partial charge in [-0.2, -0.15) is 26.3 Å². The topological polar surface area (TPSA) is 65.0 Å². The third kappa shape index (κ3) is 4.28. The second-order valence-electron chi connectivity index (χ2n) is 3.96. The Hall–Kier alpha value is -1.50. The molecule has 1 aromatic rings. The molecule has 23 heavy (non-hydrogen) atoms. The quantitative estimate of drug-likeness (QED) is 0.273. The second kappa shape index (κ2) is 7.38. The van der Waals surface area contributed by atoms with Crippen molar-refractivity contribution in [1.29, 1.82) is 0 Å². The van der Waals surface area contributed by atoms with Crippen LogP contribution in [0, 0.1) is 0 Å². The zero-order valence-corrected chi connectivity index (χ0v) is 11.7. The van der Waals surface area contributed by atoms with Crippen molar-refractivity contribution in [2.75, 3.05) is 0 Å². The molecule has 0 heterocycles. The van der Waals surface area contributed by atoms with E-state index in [2.05, 4.69) is 14.1 Å². The van der Waals surface area contributed by atoms with Gasteiger partial charge in [-0.1, -0.05) is 35.4 Å². The predicted molar refractivity (Wildman–Crippen MR) is 63.5 cm³/mol. The number of carbonyl (C=O) groups is 1. The number of rotatable bonds is 6. The first kappa shape index (κ1) is 19.5. The summed E-state index contributed by atoms with van der Waals surface area (Å²) in [5, 5.41) is 10.6. The zero-order chi connectivity index (χ0) is 17.7. The first-order chi connectivity index (χ1) is 10.6. The van der Waals surface area contributed by atoms with E-state index in [-0.39, 0.29) is 5.56 Å². The SMILES string of the molecule is O=C(OCc1ccccc1)C(SOOO)(C(F)(F)F)C(F)(F)F. The van der Waals surface area contributed by atoms with Crippen molar-refractivity contribution in [3.8, 4) is 0 Å². The monoisotopic (exact) mass is 366 g/mol. The van der Waals surface area contributed by atoms with E-state index in [4.69, 9.17) is 5.26 Å². The molecule has 0 bridgehead atoms. The van der Waals surface area contributed by atoms with Gasteiger partial charge in [0.2, 0.25) is 0 Å². The standard InChI is InChI=1S/C11H8F6O5S/c12-10(13,14)9(11(15,16)17,23-22-21-19)8(18)20-6-7-4-2-1-3-5-7/h1-5,19H,6H2. The van der Waals surface area contributed by atoms with Crippen molar-refractivity contribution in [3.05, 3.63) is 35.9 Å². The molecule has 1 aromatic carbocycles. The molecule has 0 saturated heterocycles. The highest BCUT2D eigenvalue weighted by atomic mass is 32.2. The van der Waals surface area contributed by atoms with Crippen molar-refractivity contribution in [2.45, 2.75) is 23.7 Å². The Morgan fingerprint density at radius 2 is 1.57 bits per heavy atom. The smallest absolute Gasteiger partial charge is 0.425 e. The highest BCUT2D eigenvalue weighted by molar-refractivity contribution is 7.96. The van der Waals surface area contributed by atoms with Gasteiger partial charge < -0.3 is 4.74 Å². The molecule has 0 radical (unpaired) electrons. The van der Waals surface area contributed by atoms with E-state index in [1.807, 2.05) is 0 Å². The second-order valence-corrected chi connectivity index (χ2v) is 4.88. The molecule has 5 nitrogen and oxygen atoms in total. The molecule has 0 atom stereocenters. The van der Waals surface area contributed by atoms with Crippen LogP contribution in [0.4, 0.5) is 26.3 Å². The fourth-order valence-corrected chi connectivity index (χ4v) is 1.86. The van der Waals surface area contributed by atoms with Gasteiger partial charge in [-0.3, -0.25) is 0 Å². The van der Waals surface area contributed by atoms with E-state index < -0.39 is 41.7 Å². The van der Waals surface area contributed by atoms with Crippen molar-refractivity contribution in [3.63, 3.8) is 0 Å². The Labute approximate surface area is 129 Å². The lowest BCUT2D eigenvalue weighted by molar-refractivity contribution is -0.434. The van der Waals surface area contributed by atoms with Gasteiger partial charge in [0, 0.05) is 0 Å². The van der Waals surface area contributed by atoms with E-state index in [9.17, 15) is 31.1 Å². The molecule has 0 amide bonds. The van der Waals surface area contributed by atoms with Gasteiger partial charge in [0.1, 0.15) is 6.61 Å². The van der Waals surface area contributed by atoms with E-state index in [0.29, 0.717) is 0 Å². The molecule has 0 fully saturated rings. The molecular formula is C11H8F6O5S. The summed E-state index contributed by atoms with van der Waals surface area (Å²) in [5.41, 5.74) is 0.170. The molecule has 0 aliphatic carbocycles. The predicted octanol–water partition coefficient (Wildman–Crippen LogP) is 3.66. The third-order valence-electron chi connectivity index (χ3n) is 2.49. The lowest BCUT2D eigenvalue weighted by atomic mass is 10.1.